The molecular weight excluding hydrogens is 240 g/mol. The highest BCUT2D eigenvalue weighted by atomic mass is 16.4. The molecule has 4 nitrogen and oxygen atoms in total. The molecule has 0 unspecified atom stereocenters. The molecule has 0 saturated carbocycles. The first-order valence-electron chi connectivity index (χ1n) is 6.77. The van der Waals surface area contributed by atoms with E-state index in [1.165, 1.54) is 5.56 Å². The Kier molecular flexibility index (Phi) is 4.22. The van der Waals surface area contributed by atoms with Gasteiger partial charge in [0.25, 0.3) is 0 Å². The molecule has 104 valence electrons. The lowest BCUT2D eigenvalue weighted by molar-refractivity contribution is 0.0697. The van der Waals surface area contributed by atoms with Crippen molar-refractivity contribution in [3.05, 3.63) is 35.4 Å². The van der Waals surface area contributed by atoms with E-state index in [4.69, 9.17) is 5.11 Å². The number of hydrogen-bond acceptors (Lipinski definition) is 3. The summed E-state index contributed by atoms with van der Waals surface area (Å²) in [5.41, 5.74) is 1.64. The standard InChI is InChI=1S/C15H22N2O2/c1-15(2,17-9-7-16-8-10-17)11-12-3-5-13(6-4-12)14(18)19/h3-6,16H,7-11H2,1-2H3,(H,18,19). The van der Waals surface area contributed by atoms with E-state index in [0.29, 0.717) is 5.56 Å². The molecule has 1 heterocycles. The number of rotatable bonds is 4. The van der Waals surface area contributed by atoms with Gasteiger partial charge in [0, 0.05) is 31.7 Å². The van der Waals surface area contributed by atoms with E-state index in [2.05, 4.69) is 24.1 Å². The van der Waals surface area contributed by atoms with Crippen LogP contribution in [0.3, 0.4) is 0 Å². The maximum absolute atomic E-state index is 10.8. The van der Waals surface area contributed by atoms with Crippen LogP contribution in [0.4, 0.5) is 0 Å². The Morgan fingerprint density at radius 3 is 2.37 bits per heavy atom. The van der Waals surface area contributed by atoms with Gasteiger partial charge in [-0.2, -0.15) is 0 Å². The maximum atomic E-state index is 10.8. The molecule has 4 heteroatoms. The summed E-state index contributed by atoms with van der Waals surface area (Å²) in [6, 6.07) is 7.22. The largest absolute Gasteiger partial charge is 0.478 e. The molecule has 0 amide bonds. The van der Waals surface area contributed by atoms with Gasteiger partial charge < -0.3 is 10.4 Å². The Bertz CT molecular complexity index is 434. The van der Waals surface area contributed by atoms with Gasteiger partial charge in [-0.3, -0.25) is 4.90 Å². The van der Waals surface area contributed by atoms with Gasteiger partial charge in [0.1, 0.15) is 0 Å². The second-order valence-corrected chi connectivity index (χ2v) is 5.73. The van der Waals surface area contributed by atoms with Crippen LogP contribution in [0.1, 0.15) is 29.8 Å². The first-order valence-corrected chi connectivity index (χ1v) is 6.77. The van der Waals surface area contributed by atoms with Crippen molar-refractivity contribution in [2.24, 2.45) is 0 Å². The van der Waals surface area contributed by atoms with Gasteiger partial charge in [-0.25, -0.2) is 4.79 Å². The molecule has 1 aromatic carbocycles. The summed E-state index contributed by atoms with van der Waals surface area (Å²) in [5, 5.41) is 12.3. The highest BCUT2D eigenvalue weighted by molar-refractivity contribution is 5.87. The van der Waals surface area contributed by atoms with Crippen LogP contribution in [0.5, 0.6) is 0 Å². The quantitative estimate of drug-likeness (QED) is 0.865. The van der Waals surface area contributed by atoms with Crippen molar-refractivity contribution >= 4 is 5.97 Å². The molecule has 1 aromatic rings. The first-order chi connectivity index (χ1) is 8.99. The summed E-state index contributed by atoms with van der Waals surface area (Å²) in [6.45, 7) is 8.73. The number of piperazine rings is 1. The van der Waals surface area contributed by atoms with Gasteiger partial charge in [-0.05, 0) is 38.0 Å². The third-order valence-electron chi connectivity index (χ3n) is 3.81. The zero-order valence-corrected chi connectivity index (χ0v) is 11.6. The predicted molar refractivity (Wildman–Crippen MR) is 75.6 cm³/mol. The molecule has 2 rings (SSSR count). The van der Waals surface area contributed by atoms with E-state index in [1.54, 1.807) is 12.1 Å². The average Bonchev–Trinajstić information content (AvgIpc) is 2.40. The van der Waals surface area contributed by atoms with Gasteiger partial charge in [0.2, 0.25) is 0 Å². The van der Waals surface area contributed by atoms with E-state index >= 15 is 0 Å². The molecule has 0 bridgehead atoms. The molecule has 2 N–H and O–H groups in total. The van der Waals surface area contributed by atoms with E-state index in [1.807, 2.05) is 12.1 Å². The second kappa shape index (κ2) is 5.72. The maximum Gasteiger partial charge on any atom is 0.335 e. The number of carbonyl (C=O) groups is 1. The van der Waals surface area contributed by atoms with Crippen LogP contribution in [0.25, 0.3) is 0 Å². The Labute approximate surface area is 114 Å². The zero-order valence-electron chi connectivity index (χ0n) is 11.6. The third-order valence-corrected chi connectivity index (χ3v) is 3.81. The van der Waals surface area contributed by atoms with Gasteiger partial charge >= 0.3 is 5.97 Å². The molecule has 1 aliphatic heterocycles. The number of carboxylic acid groups (broad SMARTS) is 1. The van der Waals surface area contributed by atoms with Crippen molar-refractivity contribution in [1.29, 1.82) is 0 Å². The topological polar surface area (TPSA) is 52.6 Å². The fourth-order valence-corrected chi connectivity index (χ4v) is 2.65. The number of benzene rings is 1. The monoisotopic (exact) mass is 262 g/mol. The highest BCUT2D eigenvalue weighted by Gasteiger charge is 2.27. The van der Waals surface area contributed by atoms with Crippen LogP contribution < -0.4 is 5.32 Å². The predicted octanol–water partition coefficient (Wildman–Crippen LogP) is 1.61. The van der Waals surface area contributed by atoms with Crippen molar-refractivity contribution in [1.82, 2.24) is 10.2 Å². The molecule has 0 aromatic heterocycles. The molecule has 1 aliphatic rings. The van der Waals surface area contributed by atoms with E-state index in [0.717, 1.165) is 32.6 Å². The summed E-state index contributed by atoms with van der Waals surface area (Å²) in [4.78, 5) is 13.3. The van der Waals surface area contributed by atoms with Crippen LogP contribution in [0.2, 0.25) is 0 Å². The summed E-state index contributed by atoms with van der Waals surface area (Å²) >= 11 is 0. The first kappa shape index (κ1) is 14.0. The van der Waals surface area contributed by atoms with Crippen LogP contribution >= 0.6 is 0 Å². The summed E-state index contributed by atoms with van der Waals surface area (Å²) < 4.78 is 0. The lowest BCUT2D eigenvalue weighted by Gasteiger charge is -2.41. The molecule has 0 radical (unpaired) electrons. The zero-order chi connectivity index (χ0) is 13.9. The SMILES string of the molecule is CC(C)(Cc1ccc(C(=O)O)cc1)N1CCNCC1. The van der Waals surface area contributed by atoms with Crippen molar-refractivity contribution in [2.45, 2.75) is 25.8 Å². The number of aromatic carboxylic acids is 1. The number of nitrogens with zero attached hydrogens (tertiary/aromatic N) is 1. The lowest BCUT2D eigenvalue weighted by atomic mass is 9.92. The minimum absolute atomic E-state index is 0.104. The van der Waals surface area contributed by atoms with Crippen molar-refractivity contribution < 1.29 is 9.90 Å². The fourth-order valence-electron chi connectivity index (χ4n) is 2.65. The van der Waals surface area contributed by atoms with Crippen molar-refractivity contribution in [3.8, 4) is 0 Å². The Morgan fingerprint density at radius 1 is 1.26 bits per heavy atom. The fraction of sp³-hybridized carbons (Fsp3) is 0.533. The van der Waals surface area contributed by atoms with Gasteiger partial charge in [0.15, 0.2) is 0 Å². The highest BCUT2D eigenvalue weighted by Crippen LogP contribution is 2.21. The number of carboxylic acids is 1. The van der Waals surface area contributed by atoms with Crippen LogP contribution in [-0.2, 0) is 6.42 Å². The summed E-state index contributed by atoms with van der Waals surface area (Å²) in [6.07, 6.45) is 0.937. The third kappa shape index (κ3) is 3.55. The molecule has 1 fully saturated rings. The van der Waals surface area contributed by atoms with Crippen LogP contribution in [0, 0.1) is 0 Å². The van der Waals surface area contributed by atoms with E-state index in [-0.39, 0.29) is 5.54 Å². The molecule has 0 spiro atoms. The molecule has 0 atom stereocenters. The Balaban J connectivity index is 2.04. The van der Waals surface area contributed by atoms with Crippen molar-refractivity contribution in [2.75, 3.05) is 26.2 Å². The molecule has 19 heavy (non-hydrogen) atoms. The van der Waals surface area contributed by atoms with Crippen LogP contribution in [-0.4, -0.2) is 47.7 Å². The Hall–Kier alpha value is -1.39. The number of hydrogen-bond donors (Lipinski definition) is 2. The van der Waals surface area contributed by atoms with Crippen LogP contribution in [0.15, 0.2) is 24.3 Å². The van der Waals surface area contributed by atoms with Crippen molar-refractivity contribution in [3.63, 3.8) is 0 Å². The minimum Gasteiger partial charge on any atom is -0.478 e. The lowest BCUT2D eigenvalue weighted by Crippen LogP contribution is -2.54. The van der Waals surface area contributed by atoms with Gasteiger partial charge in [-0.15, -0.1) is 0 Å². The molecular formula is C15H22N2O2. The second-order valence-electron chi connectivity index (χ2n) is 5.73. The Morgan fingerprint density at radius 2 is 1.84 bits per heavy atom. The summed E-state index contributed by atoms with van der Waals surface area (Å²) in [7, 11) is 0. The number of nitrogens with one attached hydrogen (secondary N) is 1. The molecule has 1 saturated heterocycles. The molecule has 0 aliphatic carbocycles. The van der Waals surface area contributed by atoms with Gasteiger partial charge in [-0.1, -0.05) is 12.1 Å². The van der Waals surface area contributed by atoms with Gasteiger partial charge in [0.05, 0.1) is 5.56 Å². The normalized spacial score (nSPS) is 17.4. The minimum atomic E-state index is -0.868. The average molecular weight is 262 g/mol. The summed E-state index contributed by atoms with van der Waals surface area (Å²) in [5.74, 6) is -0.868. The van der Waals surface area contributed by atoms with E-state index in [9.17, 15) is 4.79 Å². The van der Waals surface area contributed by atoms with E-state index < -0.39 is 5.97 Å². The smallest absolute Gasteiger partial charge is 0.335 e.